The van der Waals surface area contributed by atoms with E-state index in [9.17, 15) is 0 Å². The Kier molecular flexibility index (Phi) is 2.94. The molecule has 2 aliphatic rings. The largest absolute Gasteiger partial charge is 0.497 e. The fraction of sp³-hybridized carbons (Fsp3) is 0.600. The summed E-state index contributed by atoms with van der Waals surface area (Å²) in [6, 6.07) is 6.39. The third-order valence-corrected chi connectivity index (χ3v) is 4.43. The highest BCUT2D eigenvalue weighted by Crippen LogP contribution is 2.44. The third kappa shape index (κ3) is 1.87. The molecule has 98 valence electrons. The Morgan fingerprint density at radius 2 is 1.89 bits per heavy atom. The summed E-state index contributed by atoms with van der Waals surface area (Å²) in [4.78, 5) is 2.47. The summed E-state index contributed by atoms with van der Waals surface area (Å²) < 4.78 is 5.36. The molecule has 1 saturated carbocycles. The number of hydrogen-bond acceptors (Lipinski definition) is 3. The lowest BCUT2D eigenvalue weighted by atomic mass is 9.72. The van der Waals surface area contributed by atoms with Gasteiger partial charge in [-0.1, -0.05) is 0 Å². The summed E-state index contributed by atoms with van der Waals surface area (Å²) in [6.45, 7) is 2.32. The van der Waals surface area contributed by atoms with Crippen molar-refractivity contribution in [1.29, 1.82) is 0 Å². The minimum absolute atomic E-state index is 0.119. The molecule has 0 aromatic heterocycles. The van der Waals surface area contributed by atoms with Gasteiger partial charge in [0.1, 0.15) is 5.75 Å². The van der Waals surface area contributed by atoms with Gasteiger partial charge in [0.15, 0.2) is 0 Å². The smallest absolute Gasteiger partial charge is 0.119 e. The molecule has 0 bridgehead atoms. The number of methoxy groups -OCH3 is 1. The van der Waals surface area contributed by atoms with E-state index in [1.54, 1.807) is 7.11 Å². The van der Waals surface area contributed by atoms with Crippen molar-refractivity contribution < 1.29 is 4.74 Å². The molecule has 0 spiro atoms. The zero-order chi connectivity index (χ0) is 12.6. The molecular weight excluding hydrogens is 224 g/mol. The van der Waals surface area contributed by atoms with Crippen LogP contribution in [0.1, 0.15) is 37.7 Å². The van der Waals surface area contributed by atoms with Crippen molar-refractivity contribution in [2.75, 3.05) is 25.1 Å². The van der Waals surface area contributed by atoms with Gasteiger partial charge in [-0.25, -0.2) is 0 Å². The van der Waals surface area contributed by atoms with Crippen LogP contribution in [0, 0.1) is 0 Å². The average Bonchev–Trinajstić information content (AvgIpc) is 2.89. The molecule has 1 saturated heterocycles. The van der Waals surface area contributed by atoms with Crippen molar-refractivity contribution in [3.63, 3.8) is 0 Å². The SMILES string of the molecule is COc1ccc(N2CCCC2)c(C2(N)CCC2)c1. The third-order valence-electron chi connectivity index (χ3n) is 4.43. The molecule has 1 aliphatic carbocycles. The molecule has 2 N–H and O–H groups in total. The van der Waals surface area contributed by atoms with E-state index in [2.05, 4.69) is 23.1 Å². The van der Waals surface area contributed by atoms with Gasteiger partial charge in [0.25, 0.3) is 0 Å². The molecule has 3 rings (SSSR count). The van der Waals surface area contributed by atoms with E-state index in [4.69, 9.17) is 10.5 Å². The maximum Gasteiger partial charge on any atom is 0.119 e. The molecule has 1 heterocycles. The fourth-order valence-corrected chi connectivity index (χ4v) is 3.10. The van der Waals surface area contributed by atoms with Gasteiger partial charge < -0.3 is 15.4 Å². The normalized spacial score (nSPS) is 21.8. The van der Waals surface area contributed by atoms with Gasteiger partial charge in [-0.2, -0.15) is 0 Å². The van der Waals surface area contributed by atoms with Crippen LogP contribution in [0.5, 0.6) is 5.75 Å². The van der Waals surface area contributed by atoms with Crippen molar-refractivity contribution in [2.24, 2.45) is 5.73 Å². The maximum absolute atomic E-state index is 6.53. The van der Waals surface area contributed by atoms with Crippen LogP contribution in [0.15, 0.2) is 18.2 Å². The van der Waals surface area contributed by atoms with Crippen LogP contribution in [0.4, 0.5) is 5.69 Å². The van der Waals surface area contributed by atoms with Crippen LogP contribution >= 0.6 is 0 Å². The summed E-state index contributed by atoms with van der Waals surface area (Å²) in [5.41, 5.74) is 9.03. The number of nitrogens with two attached hydrogens (primary N) is 1. The second-order valence-electron chi connectivity index (χ2n) is 5.59. The molecule has 1 aromatic carbocycles. The van der Waals surface area contributed by atoms with E-state index in [-0.39, 0.29) is 5.54 Å². The first kappa shape index (κ1) is 11.8. The number of nitrogens with zero attached hydrogens (tertiary/aromatic N) is 1. The topological polar surface area (TPSA) is 38.5 Å². The Hall–Kier alpha value is -1.22. The molecule has 0 amide bonds. The van der Waals surface area contributed by atoms with Crippen LogP contribution in [0.2, 0.25) is 0 Å². The Labute approximate surface area is 109 Å². The molecule has 1 aromatic rings. The minimum atomic E-state index is -0.119. The molecule has 3 nitrogen and oxygen atoms in total. The van der Waals surface area contributed by atoms with Crippen LogP contribution in [0.3, 0.4) is 0 Å². The summed E-state index contributed by atoms with van der Waals surface area (Å²) in [6.07, 6.45) is 6.03. The highest BCUT2D eigenvalue weighted by molar-refractivity contribution is 5.60. The standard InChI is InChI=1S/C15H22N2O/c1-18-12-5-6-14(17-9-2-3-10-17)13(11-12)15(16)7-4-8-15/h5-6,11H,2-4,7-10,16H2,1H3. The predicted octanol–water partition coefficient (Wildman–Crippen LogP) is 2.63. The van der Waals surface area contributed by atoms with E-state index < -0.39 is 0 Å². The molecular formula is C15H22N2O. The van der Waals surface area contributed by atoms with Gasteiger partial charge in [-0.15, -0.1) is 0 Å². The molecule has 2 fully saturated rings. The molecule has 0 unspecified atom stereocenters. The van der Waals surface area contributed by atoms with Crippen LogP contribution in [0.25, 0.3) is 0 Å². The monoisotopic (exact) mass is 246 g/mol. The van der Waals surface area contributed by atoms with Gasteiger partial charge in [0, 0.05) is 24.3 Å². The van der Waals surface area contributed by atoms with Crippen molar-refractivity contribution in [3.8, 4) is 5.75 Å². The number of ether oxygens (including phenoxy) is 1. The minimum Gasteiger partial charge on any atom is -0.497 e. The summed E-state index contributed by atoms with van der Waals surface area (Å²) in [7, 11) is 1.72. The Morgan fingerprint density at radius 3 is 2.44 bits per heavy atom. The van der Waals surface area contributed by atoms with E-state index in [0.717, 1.165) is 31.7 Å². The van der Waals surface area contributed by atoms with Gasteiger partial charge in [0.2, 0.25) is 0 Å². The Bertz CT molecular complexity index is 434. The van der Waals surface area contributed by atoms with Crippen LogP contribution in [-0.4, -0.2) is 20.2 Å². The predicted molar refractivity (Wildman–Crippen MR) is 74.2 cm³/mol. The van der Waals surface area contributed by atoms with Crippen LogP contribution in [-0.2, 0) is 5.54 Å². The van der Waals surface area contributed by atoms with E-state index in [0.29, 0.717) is 0 Å². The highest BCUT2D eigenvalue weighted by Gasteiger charge is 2.37. The summed E-state index contributed by atoms with van der Waals surface area (Å²) >= 11 is 0. The molecule has 0 atom stereocenters. The number of anilines is 1. The zero-order valence-corrected chi connectivity index (χ0v) is 11.1. The zero-order valence-electron chi connectivity index (χ0n) is 11.1. The summed E-state index contributed by atoms with van der Waals surface area (Å²) in [5.74, 6) is 0.921. The van der Waals surface area contributed by atoms with E-state index in [1.165, 1.54) is 30.5 Å². The van der Waals surface area contributed by atoms with Crippen molar-refractivity contribution in [3.05, 3.63) is 23.8 Å². The molecule has 0 radical (unpaired) electrons. The first-order valence-corrected chi connectivity index (χ1v) is 6.95. The second kappa shape index (κ2) is 4.47. The quantitative estimate of drug-likeness (QED) is 0.891. The number of hydrogen-bond donors (Lipinski definition) is 1. The van der Waals surface area contributed by atoms with E-state index >= 15 is 0 Å². The summed E-state index contributed by atoms with van der Waals surface area (Å²) in [5, 5.41) is 0. The Morgan fingerprint density at radius 1 is 1.17 bits per heavy atom. The maximum atomic E-state index is 6.53. The van der Waals surface area contributed by atoms with Crippen LogP contribution < -0.4 is 15.4 Å². The number of benzene rings is 1. The average molecular weight is 246 g/mol. The lowest BCUT2D eigenvalue weighted by Crippen LogP contribution is -2.44. The van der Waals surface area contributed by atoms with Gasteiger partial charge in [0.05, 0.1) is 7.11 Å². The van der Waals surface area contributed by atoms with Crippen molar-refractivity contribution in [1.82, 2.24) is 0 Å². The molecule has 18 heavy (non-hydrogen) atoms. The van der Waals surface area contributed by atoms with Gasteiger partial charge in [-0.05, 0) is 55.9 Å². The van der Waals surface area contributed by atoms with Crippen molar-refractivity contribution >= 4 is 5.69 Å². The van der Waals surface area contributed by atoms with Gasteiger partial charge >= 0.3 is 0 Å². The lowest BCUT2D eigenvalue weighted by Gasteiger charge is -2.41. The van der Waals surface area contributed by atoms with Crippen molar-refractivity contribution in [2.45, 2.75) is 37.6 Å². The van der Waals surface area contributed by atoms with Gasteiger partial charge in [-0.3, -0.25) is 0 Å². The molecule has 1 aliphatic heterocycles. The lowest BCUT2D eigenvalue weighted by molar-refractivity contribution is 0.253. The second-order valence-corrected chi connectivity index (χ2v) is 5.59. The van der Waals surface area contributed by atoms with E-state index in [1.807, 2.05) is 0 Å². The Balaban J connectivity index is 2.01. The first-order chi connectivity index (χ1) is 8.73. The highest BCUT2D eigenvalue weighted by atomic mass is 16.5. The fourth-order valence-electron chi connectivity index (χ4n) is 3.10. The first-order valence-electron chi connectivity index (χ1n) is 6.95. The molecule has 3 heteroatoms. The number of rotatable bonds is 3.